The third kappa shape index (κ3) is 5.01. The highest BCUT2D eigenvalue weighted by molar-refractivity contribution is 6.07. The fraction of sp³-hybridized carbons (Fsp3) is 0. The Kier molecular flexibility index (Phi) is 6.70. The van der Waals surface area contributed by atoms with Gasteiger partial charge in [0.15, 0.2) is 17.5 Å². The van der Waals surface area contributed by atoms with Gasteiger partial charge in [0.1, 0.15) is 5.58 Å². The Labute approximate surface area is 292 Å². The zero-order chi connectivity index (χ0) is 33.7. The van der Waals surface area contributed by atoms with E-state index in [1.807, 2.05) is 91.1 Å². The molecule has 51 heavy (non-hydrogen) atoms. The maximum Gasteiger partial charge on any atom is 0.227 e. The van der Waals surface area contributed by atoms with Gasteiger partial charge < -0.3 is 4.42 Å². The molecule has 4 heterocycles. The Morgan fingerprint density at radius 1 is 0.392 bits per heavy atom. The molecule has 0 saturated heterocycles. The molecule has 0 aliphatic heterocycles. The topological polar surface area (TPSA) is 77.6 Å². The van der Waals surface area contributed by atoms with Gasteiger partial charge in [-0.1, -0.05) is 115 Å². The lowest BCUT2D eigenvalue weighted by Crippen LogP contribution is -2.01. The molecule has 0 N–H and O–H groups in total. The summed E-state index contributed by atoms with van der Waals surface area (Å²) < 4.78 is 6.14. The van der Waals surface area contributed by atoms with E-state index in [2.05, 4.69) is 72.8 Å². The van der Waals surface area contributed by atoms with Crippen LogP contribution >= 0.6 is 0 Å². The maximum atomic E-state index is 6.14. The molecule has 4 aromatic heterocycles. The summed E-state index contributed by atoms with van der Waals surface area (Å²) in [7, 11) is 0. The predicted octanol–water partition coefficient (Wildman–Crippen LogP) is 11.2. The number of rotatable bonds is 5. The summed E-state index contributed by atoms with van der Waals surface area (Å²) in [5, 5.41) is 5.23. The normalized spacial score (nSPS) is 11.5. The first-order valence-electron chi connectivity index (χ1n) is 16.8. The summed E-state index contributed by atoms with van der Waals surface area (Å²) in [5.41, 5.74) is 8.94. The Morgan fingerprint density at radius 3 is 1.82 bits per heavy atom. The fourth-order valence-electron chi connectivity index (χ4n) is 6.97. The van der Waals surface area contributed by atoms with Crippen molar-refractivity contribution in [3.63, 3.8) is 0 Å². The minimum atomic E-state index is 0.614. The second kappa shape index (κ2) is 11.8. The van der Waals surface area contributed by atoms with Crippen LogP contribution in [0.4, 0.5) is 0 Å². The molecule has 0 aliphatic rings. The van der Waals surface area contributed by atoms with Crippen molar-refractivity contribution in [1.82, 2.24) is 24.9 Å². The molecule has 0 radical (unpaired) electrons. The van der Waals surface area contributed by atoms with Crippen molar-refractivity contribution in [3.8, 4) is 56.5 Å². The molecule has 238 valence electrons. The Hall–Kier alpha value is -7.05. The van der Waals surface area contributed by atoms with Crippen molar-refractivity contribution in [2.24, 2.45) is 0 Å². The second-order valence-corrected chi connectivity index (χ2v) is 12.5. The molecule has 0 aliphatic carbocycles. The standard InChI is InChI=1S/C45H27N5O/c1-3-12-28(13-4-1)42-48-43(29-14-5-2-6-15-29)50-44(49-42)38-27-31(26-30-16-7-8-17-32(30)38)33-21-22-37(41-35(33)19-11-25-46-41)39-24-23-36-34-18-9-10-20-40(34)51-45(36)47-39/h1-27H. The van der Waals surface area contributed by atoms with Gasteiger partial charge in [-0.15, -0.1) is 0 Å². The third-order valence-corrected chi connectivity index (χ3v) is 9.40. The van der Waals surface area contributed by atoms with E-state index in [-0.39, 0.29) is 0 Å². The van der Waals surface area contributed by atoms with Crippen molar-refractivity contribution >= 4 is 43.7 Å². The van der Waals surface area contributed by atoms with Crippen molar-refractivity contribution < 1.29 is 4.42 Å². The maximum absolute atomic E-state index is 6.14. The molecule has 6 nitrogen and oxygen atoms in total. The average molecular weight is 654 g/mol. The molecule has 6 aromatic carbocycles. The van der Waals surface area contributed by atoms with Crippen LogP contribution in [-0.4, -0.2) is 24.9 Å². The molecular weight excluding hydrogens is 627 g/mol. The van der Waals surface area contributed by atoms with E-state index in [9.17, 15) is 0 Å². The summed E-state index contributed by atoms with van der Waals surface area (Å²) >= 11 is 0. The van der Waals surface area contributed by atoms with E-state index >= 15 is 0 Å². The number of hydrogen-bond donors (Lipinski definition) is 0. The van der Waals surface area contributed by atoms with Crippen LogP contribution in [0.25, 0.3) is 100 Å². The van der Waals surface area contributed by atoms with Gasteiger partial charge in [-0.25, -0.2) is 19.9 Å². The van der Waals surface area contributed by atoms with Crippen LogP contribution in [0, 0.1) is 0 Å². The largest absolute Gasteiger partial charge is 0.438 e. The number of aromatic nitrogens is 5. The van der Waals surface area contributed by atoms with Crippen LogP contribution in [0.1, 0.15) is 0 Å². The quantitative estimate of drug-likeness (QED) is 0.184. The molecule has 6 heteroatoms. The lowest BCUT2D eigenvalue weighted by Gasteiger charge is -2.14. The summed E-state index contributed by atoms with van der Waals surface area (Å²) in [6.07, 6.45) is 1.84. The van der Waals surface area contributed by atoms with Crippen molar-refractivity contribution in [2.75, 3.05) is 0 Å². The number of benzene rings is 6. The molecule has 10 rings (SSSR count). The van der Waals surface area contributed by atoms with Crippen molar-refractivity contribution in [2.45, 2.75) is 0 Å². The summed E-state index contributed by atoms with van der Waals surface area (Å²) in [6, 6.07) is 53.5. The highest BCUT2D eigenvalue weighted by atomic mass is 16.3. The van der Waals surface area contributed by atoms with Crippen LogP contribution < -0.4 is 0 Å². The molecule has 0 unspecified atom stereocenters. The van der Waals surface area contributed by atoms with E-state index < -0.39 is 0 Å². The number of hydrogen-bond acceptors (Lipinski definition) is 6. The SMILES string of the molecule is c1ccc(-c2nc(-c3ccccc3)nc(-c3cc(-c4ccc(-c5ccc6c(n5)oc5ccccc56)c5ncccc45)cc4ccccc34)n2)cc1. The molecule has 0 bridgehead atoms. The first kappa shape index (κ1) is 28.9. The second-order valence-electron chi connectivity index (χ2n) is 12.5. The number of furan rings is 1. The van der Waals surface area contributed by atoms with Gasteiger partial charge in [-0.3, -0.25) is 4.98 Å². The molecule has 0 atom stereocenters. The van der Waals surface area contributed by atoms with Gasteiger partial charge in [0.05, 0.1) is 11.2 Å². The van der Waals surface area contributed by atoms with Gasteiger partial charge in [-0.2, -0.15) is 0 Å². The van der Waals surface area contributed by atoms with Gasteiger partial charge in [0.25, 0.3) is 0 Å². The minimum absolute atomic E-state index is 0.614. The van der Waals surface area contributed by atoms with Crippen molar-refractivity contribution in [1.29, 1.82) is 0 Å². The lowest BCUT2D eigenvalue weighted by molar-refractivity contribution is 0.654. The van der Waals surface area contributed by atoms with E-state index in [1.165, 1.54) is 0 Å². The minimum Gasteiger partial charge on any atom is -0.438 e. The number of nitrogens with zero attached hydrogens (tertiary/aromatic N) is 5. The van der Waals surface area contributed by atoms with Gasteiger partial charge in [-0.05, 0) is 64.4 Å². The number of pyridine rings is 2. The van der Waals surface area contributed by atoms with Gasteiger partial charge in [0.2, 0.25) is 5.71 Å². The highest BCUT2D eigenvalue weighted by Gasteiger charge is 2.18. The summed E-state index contributed by atoms with van der Waals surface area (Å²) in [4.78, 5) is 25.0. The Bertz CT molecular complexity index is 2860. The summed E-state index contributed by atoms with van der Waals surface area (Å²) in [6.45, 7) is 0. The lowest BCUT2D eigenvalue weighted by atomic mass is 9.92. The fourth-order valence-corrected chi connectivity index (χ4v) is 6.97. The van der Waals surface area contributed by atoms with E-state index in [1.54, 1.807) is 0 Å². The zero-order valence-corrected chi connectivity index (χ0v) is 27.2. The van der Waals surface area contributed by atoms with E-state index in [0.29, 0.717) is 23.2 Å². The van der Waals surface area contributed by atoms with Crippen LogP contribution in [0.15, 0.2) is 168 Å². The monoisotopic (exact) mass is 653 g/mol. The van der Waals surface area contributed by atoms with Crippen LogP contribution in [0.3, 0.4) is 0 Å². The smallest absolute Gasteiger partial charge is 0.227 e. The first-order chi connectivity index (χ1) is 25.3. The van der Waals surface area contributed by atoms with E-state index in [0.717, 1.165) is 77.1 Å². The van der Waals surface area contributed by atoms with E-state index in [4.69, 9.17) is 29.3 Å². The molecule has 0 saturated carbocycles. The number of para-hydroxylation sites is 1. The van der Waals surface area contributed by atoms with Crippen LogP contribution in [-0.2, 0) is 0 Å². The van der Waals surface area contributed by atoms with Crippen LogP contribution in [0.2, 0.25) is 0 Å². The molecule has 0 amide bonds. The predicted molar refractivity (Wildman–Crippen MR) is 205 cm³/mol. The molecule has 0 fully saturated rings. The summed E-state index contributed by atoms with van der Waals surface area (Å²) in [5.74, 6) is 1.87. The first-order valence-corrected chi connectivity index (χ1v) is 16.8. The van der Waals surface area contributed by atoms with Crippen LogP contribution in [0.5, 0.6) is 0 Å². The molecule has 10 aromatic rings. The highest BCUT2D eigenvalue weighted by Crippen LogP contribution is 2.39. The third-order valence-electron chi connectivity index (χ3n) is 9.40. The Morgan fingerprint density at radius 2 is 1.04 bits per heavy atom. The number of fused-ring (bicyclic) bond motifs is 5. The molecular formula is C45H27N5O. The van der Waals surface area contributed by atoms with Crippen molar-refractivity contribution in [3.05, 3.63) is 164 Å². The van der Waals surface area contributed by atoms with Gasteiger partial charge in [0, 0.05) is 44.6 Å². The Balaban J connectivity index is 1.17. The van der Waals surface area contributed by atoms with Gasteiger partial charge >= 0.3 is 0 Å². The average Bonchev–Trinajstić information content (AvgIpc) is 3.58. The zero-order valence-electron chi connectivity index (χ0n) is 27.2. The molecule has 0 spiro atoms.